The third kappa shape index (κ3) is 1.89. The van der Waals surface area contributed by atoms with Crippen molar-refractivity contribution in [2.45, 2.75) is 18.9 Å². The average molecular weight is 236 g/mol. The highest BCUT2D eigenvalue weighted by Gasteiger charge is 2.24. The fourth-order valence-corrected chi connectivity index (χ4v) is 1.93. The summed E-state index contributed by atoms with van der Waals surface area (Å²) in [6, 6.07) is 3.63. The molecule has 4 nitrogen and oxygen atoms in total. The summed E-state index contributed by atoms with van der Waals surface area (Å²) in [5.74, 6) is -1.93. The fraction of sp³-hybridized carbons (Fsp3) is 0.250. The summed E-state index contributed by atoms with van der Waals surface area (Å²) in [4.78, 5) is 13.7. The second-order valence-corrected chi connectivity index (χ2v) is 4.06. The van der Waals surface area contributed by atoms with E-state index in [1.165, 1.54) is 6.07 Å². The zero-order valence-electron chi connectivity index (χ0n) is 9.27. The van der Waals surface area contributed by atoms with Crippen LogP contribution in [0.4, 0.5) is 4.39 Å². The summed E-state index contributed by atoms with van der Waals surface area (Å²) in [5, 5.41) is 9.28. The molecule has 0 saturated carbocycles. The van der Waals surface area contributed by atoms with Crippen molar-refractivity contribution in [2.24, 2.45) is 5.73 Å². The molecule has 2 atom stereocenters. The van der Waals surface area contributed by atoms with Gasteiger partial charge in [-0.25, -0.2) is 4.39 Å². The average Bonchev–Trinajstić information content (AvgIpc) is 2.72. The second kappa shape index (κ2) is 4.18. The molecular formula is C12H13FN2O2. The van der Waals surface area contributed by atoms with E-state index in [1.807, 2.05) is 0 Å². The van der Waals surface area contributed by atoms with Gasteiger partial charge in [0, 0.05) is 23.0 Å². The van der Waals surface area contributed by atoms with Crippen LogP contribution in [0, 0.1) is 5.82 Å². The number of rotatable bonds is 3. The Morgan fingerprint density at radius 1 is 1.53 bits per heavy atom. The monoisotopic (exact) mass is 236 g/mol. The number of carboxylic acids is 1. The topological polar surface area (TPSA) is 79.1 Å². The molecule has 90 valence electrons. The van der Waals surface area contributed by atoms with E-state index in [4.69, 9.17) is 10.8 Å². The molecule has 0 aliphatic rings. The van der Waals surface area contributed by atoms with E-state index in [1.54, 1.807) is 25.3 Å². The first kappa shape index (κ1) is 11.6. The number of benzene rings is 1. The zero-order chi connectivity index (χ0) is 12.6. The highest BCUT2D eigenvalue weighted by Crippen LogP contribution is 2.29. The molecule has 1 heterocycles. The molecular weight excluding hydrogens is 223 g/mol. The Bertz CT molecular complexity index is 565. The maximum atomic E-state index is 13.7. The van der Waals surface area contributed by atoms with Gasteiger partial charge in [0.1, 0.15) is 11.9 Å². The molecule has 0 radical (unpaired) electrons. The van der Waals surface area contributed by atoms with Crippen LogP contribution in [0.25, 0.3) is 10.9 Å². The number of fused-ring (bicyclic) bond motifs is 1. The lowest BCUT2D eigenvalue weighted by Crippen LogP contribution is -2.35. The van der Waals surface area contributed by atoms with Gasteiger partial charge in [-0.3, -0.25) is 4.79 Å². The fourth-order valence-electron chi connectivity index (χ4n) is 1.93. The maximum Gasteiger partial charge on any atom is 0.321 e. The highest BCUT2D eigenvalue weighted by molar-refractivity contribution is 5.85. The van der Waals surface area contributed by atoms with Crippen molar-refractivity contribution in [1.29, 1.82) is 0 Å². The van der Waals surface area contributed by atoms with Crippen LogP contribution < -0.4 is 5.73 Å². The molecule has 17 heavy (non-hydrogen) atoms. The third-order valence-corrected chi connectivity index (χ3v) is 3.00. The van der Waals surface area contributed by atoms with Gasteiger partial charge >= 0.3 is 5.97 Å². The smallest absolute Gasteiger partial charge is 0.321 e. The quantitative estimate of drug-likeness (QED) is 0.760. The summed E-state index contributed by atoms with van der Waals surface area (Å²) in [7, 11) is 0. The first-order chi connectivity index (χ1) is 8.02. The molecule has 0 spiro atoms. The highest BCUT2D eigenvalue weighted by atomic mass is 19.1. The molecule has 1 aromatic heterocycles. The van der Waals surface area contributed by atoms with Gasteiger partial charge in [0.25, 0.3) is 0 Å². The van der Waals surface area contributed by atoms with Crippen LogP contribution in [0.3, 0.4) is 0 Å². The van der Waals surface area contributed by atoms with E-state index in [0.29, 0.717) is 16.5 Å². The Morgan fingerprint density at radius 3 is 2.88 bits per heavy atom. The molecule has 2 rings (SSSR count). The number of aromatic amines is 1. The van der Waals surface area contributed by atoms with Gasteiger partial charge in [0.2, 0.25) is 0 Å². The molecule has 0 unspecified atom stereocenters. The number of H-pyrrole nitrogens is 1. The van der Waals surface area contributed by atoms with Crippen molar-refractivity contribution in [3.63, 3.8) is 0 Å². The van der Waals surface area contributed by atoms with Crippen LogP contribution in [0.1, 0.15) is 18.4 Å². The van der Waals surface area contributed by atoms with Crippen LogP contribution in [-0.2, 0) is 4.79 Å². The van der Waals surface area contributed by atoms with Gasteiger partial charge in [-0.2, -0.15) is 0 Å². The van der Waals surface area contributed by atoms with Gasteiger partial charge in [-0.05, 0) is 17.7 Å². The Balaban J connectivity index is 2.52. The van der Waals surface area contributed by atoms with Gasteiger partial charge in [0.15, 0.2) is 0 Å². The molecule has 0 aliphatic heterocycles. The lowest BCUT2D eigenvalue weighted by molar-refractivity contribution is -0.138. The van der Waals surface area contributed by atoms with Crippen LogP contribution >= 0.6 is 0 Å². The van der Waals surface area contributed by atoms with E-state index in [-0.39, 0.29) is 5.82 Å². The van der Waals surface area contributed by atoms with Crippen molar-refractivity contribution in [3.05, 3.63) is 35.8 Å². The zero-order valence-corrected chi connectivity index (χ0v) is 9.27. The van der Waals surface area contributed by atoms with Crippen molar-refractivity contribution in [1.82, 2.24) is 4.98 Å². The minimum absolute atomic E-state index is 0.372. The minimum Gasteiger partial charge on any atom is -0.480 e. The summed E-state index contributed by atoms with van der Waals surface area (Å²) in [5.41, 5.74) is 6.79. The van der Waals surface area contributed by atoms with Gasteiger partial charge in [0.05, 0.1) is 0 Å². The minimum atomic E-state index is -1.09. The number of nitrogens with two attached hydrogens (primary N) is 1. The molecule has 0 amide bonds. The number of hydrogen-bond acceptors (Lipinski definition) is 2. The van der Waals surface area contributed by atoms with Crippen molar-refractivity contribution in [3.8, 4) is 0 Å². The molecule has 4 N–H and O–H groups in total. The SMILES string of the molecule is C[C@@H](c1c[nH]c2cccc(F)c12)[C@H](N)C(=O)O. The Labute approximate surface area is 97.2 Å². The predicted molar refractivity (Wildman–Crippen MR) is 62.3 cm³/mol. The number of aromatic nitrogens is 1. The summed E-state index contributed by atoms with van der Waals surface area (Å²) in [6.07, 6.45) is 1.61. The molecule has 0 aliphatic carbocycles. The first-order valence-corrected chi connectivity index (χ1v) is 5.26. The van der Waals surface area contributed by atoms with Crippen molar-refractivity contribution < 1.29 is 14.3 Å². The number of hydrogen-bond donors (Lipinski definition) is 3. The number of nitrogens with one attached hydrogen (secondary N) is 1. The van der Waals surface area contributed by atoms with E-state index >= 15 is 0 Å². The number of carbonyl (C=O) groups is 1. The van der Waals surface area contributed by atoms with Crippen molar-refractivity contribution >= 4 is 16.9 Å². The predicted octanol–water partition coefficient (Wildman–Crippen LogP) is 1.82. The number of carboxylic acid groups (broad SMARTS) is 1. The van der Waals surface area contributed by atoms with Crippen LogP contribution in [0.2, 0.25) is 0 Å². The summed E-state index contributed by atoms with van der Waals surface area (Å²) < 4.78 is 13.7. The van der Waals surface area contributed by atoms with Crippen molar-refractivity contribution in [2.75, 3.05) is 0 Å². The van der Waals surface area contributed by atoms with Gasteiger partial charge in [-0.1, -0.05) is 13.0 Å². The first-order valence-electron chi connectivity index (χ1n) is 5.26. The van der Waals surface area contributed by atoms with E-state index in [9.17, 15) is 9.18 Å². The normalized spacial score (nSPS) is 14.8. The molecule has 1 aromatic carbocycles. The molecule has 0 bridgehead atoms. The van der Waals surface area contributed by atoms with E-state index in [0.717, 1.165) is 0 Å². The van der Waals surface area contributed by atoms with Crippen LogP contribution in [-0.4, -0.2) is 22.1 Å². The number of aliphatic carboxylic acids is 1. The largest absolute Gasteiger partial charge is 0.480 e. The van der Waals surface area contributed by atoms with Gasteiger partial charge < -0.3 is 15.8 Å². The Kier molecular flexibility index (Phi) is 2.85. The molecule has 0 saturated heterocycles. The van der Waals surface area contributed by atoms with Crippen LogP contribution in [0.15, 0.2) is 24.4 Å². The molecule has 2 aromatic rings. The van der Waals surface area contributed by atoms with E-state index < -0.39 is 17.9 Å². The second-order valence-electron chi connectivity index (χ2n) is 4.06. The Hall–Kier alpha value is -1.88. The maximum absolute atomic E-state index is 13.7. The molecule has 5 heteroatoms. The lowest BCUT2D eigenvalue weighted by atomic mass is 9.93. The lowest BCUT2D eigenvalue weighted by Gasteiger charge is -2.15. The van der Waals surface area contributed by atoms with Gasteiger partial charge in [-0.15, -0.1) is 0 Å². The van der Waals surface area contributed by atoms with E-state index in [2.05, 4.69) is 4.98 Å². The number of halogens is 1. The summed E-state index contributed by atoms with van der Waals surface area (Å²) in [6.45, 7) is 1.67. The third-order valence-electron chi connectivity index (χ3n) is 3.00. The van der Waals surface area contributed by atoms with Crippen LogP contribution in [0.5, 0.6) is 0 Å². The molecule has 0 fully saturated rings. The Morgan fingerprint density at radius 2 is 2.24 bits per heavy atom. The summed E-state index contributed by atoms with van der Waals surface area (Å²) >= 11 is 0. The standard InChI is InChI=1S/C12H13FN2O2/c1-6(11(14)12(16)17)7-5-15-9-4-2-3-8(13)10(7)9/h2-6,11,15H,14H2,1H3,(H,16,17)/t6-,11-/m0/s1.